The number of rotatable bonds is 5. The molecule has 1 aliphatic rings. The molecule has 0 unspecified atom stereocenters. The van der Waals surface area contributed by atoms with Gasteiger partial charge in [0, 0.05) is 0 Å². The summed E-state index contributed by atoms with van der Waals surface area (Å²) < 4.78 is 0. The van der Waals surface area contributed by atoms with E-state index in [4.69, 9.17) is 0 Å². The third-order valence-electron chi connectivity index (χ3n) is 2.86. The lowest BCUT2D eigenvalue weighted by Gasteiger charge is -2.31. The Hall–Kier alpha value is -0.0400. The molecule has 0 bridgehead atoms. The van der Waals surface area contributed by atoms with E-state index in [0.717, 1.165) is 12.8 Å². The Morgan fingerprint density at radius 2 is 1.46 bits per heavy atom. The molecule has 0 aromatic rings. The average molecular weight is 184 g/mol. The lowest BCUT2D eigenvalue weighted by molar-refractivity contribution is -0.0202. The van der Waals surface area contributed by atoms with E-state index in [9.17, 15) is 5.11 Å². The van der Waals surface area contributed by atoms with Gasteiger partial charge in [-0.05, 0) is 43.4 Å². The molecule has 0 amide bonds. The van der Waals surface area contributed by atoms with Gasteiger partial charge >= 0.3 is 0 Å². The fraction of sp³-hybridized carbons (Fsp3) is 1.00. The highest BCUT2D eigenvalue weighted by Gasteiger charge is 2.43. The lowest BCUT2D eigenvalue weighted by atomic mass is 9.81. The van der Waals surface area contributed by atoms with Crippen molar-refractivity contribution in [1.82, 2.24) is 0 Å². The van der Waals surface area contributed by atoms with Crippen molar-refractivity contribution in [2.75, 3.05) is 0 Å². The first-order valence-electron chi connectivity index (χ1n) is 5.66. The zero-order valence-electron chi connectivity index (χ0n) is 9.51. The van der Waals surface area contributed by atoms with Crippen LogP contribution in [0, 0.1) is 17.8 Å². The van der Waals surface area contributed by atoms with Gasteiger partial charge in [0.05, 0.1) is 5.60 Å². The van der Waals surface area contributed by atoms with Gasteiger partial charge in [-0.15, -0.1) is 0 Å². The van der Waals surface area contributed by atoms with Gasteiger partial charge in [-0.2, -0.15) is 0 Å². The molecule has 13 heavy (non-hydrogen) atoms. The van der Waals surface area contributed by atoms with E-state index >= 15 is 0 Å². The first-order valence-corrected chi connectivity index (χ1v) is 5.66. The third-order valence-corrected chi connectivity index (χ3v) is 2.86. The Morgan fingerprint density at radius 1 is 1.08 bits per heavy atom. The van der Waals surface area contributed by atoms with E-state index in [2.05, 4.69) is 27.7 Å². The summed E-state index contributed by atoms with van der Waals surface area (Å²) in [6.07, 6.45) is 4.46. The second-order valence-corrected chi connectivity index (χ2v) is 5.57. The smallest absolute Gasteiger partial charge is 0.0680 e. The fourth-order valence-electron chi connectivity index (χ4n) is 2.45. The minimum absolute atomic E-state index is 0.345. The van der Waals surface area contributed by atoms with Crippen molar-refractivity contribution in [3.05, 3.63) is 0 Å². The highest BCUT2D eigenvalue weighted by Crippen LogP contribution is 2.45. The van der Waals surface area contributed by atoms with Crippen LogP contribution in [0.25, 0.3) is 0 Å². The molecule has 1 heteroatoms. The van der Waals surface area contributed by atoms with Crippen LogP contribution in [-0.4, -0.2) is 10.7 Å². The first kappa shape index (κ1) is 11.0. The molecule has 0 atom stereocenters. The summed E-state index contributed by atoms with van der Waals surface area (Å²) in [5, 5.41) is 10.5. The minimum Gasteiger partial charge on any atom is -0.390 e. The topological polar surface area (TPSA) is 20.2 Å². The van der Waals surface area contributed by atoms with Crippen molar-refractivity contribution in [3.8, 4) is 0 Å². The van der Waals surface area contributed by atoms with Crippen LogP contribution in [0.5, 0.6) is 0 Å². The van der Waals surface area contributed by atoms with Gasteiger partial charge in [0.15, 0.2) is 0 Å². The zero-order chi connectivity index (χ0) is 10.1. The summed E-state index contributed by atoms with van der Waals surface area (Å²) in [4.78, 5) is 0. The minimum atomic E-state index is -0.345. The van der Waals surface area contributed by atoms with Crippen LogP contribution in [0.2, 0.25) is 0 Å². The normalized spacial score (nSPS) is 18.7. The Bertz CT molecular complexity index is 147. The SMILES string of the molecule is CC(C)CC(O)(CC(C)C)C1CC1. The predicted octanol–water partition coefficient (Wildman–Crippen LogP) is 3.22. The molecule has 1 rings (SSSR count). The maximum Gasteiger partial charge on any atom is 0.0680 e. The second-order valence-electron chi connectivity index (χ2n) is 5.57. The van der Waals surface area contributed by atoms with Gasteiger partial charge in [0.25, 0.3) is 0 Å². The summed E-state index contributed by atoms with van der Waals surface area (Å²) in [7, 11) is 0. The highest BCUT2D eigenvalue weighted by molar-refractivity contribution is 4.95. The molecule has 0 spiro atoms. The molecule has 0 aromatic carbocycles. The number of aliphatic hydroxyl groups is 1. The molecular weight excluding hydrogens is 160 g/mol. The van der Waals surface area contributed by atoms with E-state index in [1.807, 2.05) is 0 Å². The Balaban J connectivity index is 2.51. The quantitative estimate of drug-likeness (QED) is 0.695. The number of hydrogen-bond donors (Lipinski definition) is 1. The van der Waals surface area contributed by atoms with E-state index in [0.29, 0.717) is 17.8 Å². The molecular formula is C12H24O. The Labute approximate surface area is 82.5 Å². The summed E-state index contributed by atoms with van der Waals surface area (Å²) in [5.41, 5.74) is -0.345. The monoisotopic (exact) mass is 184 g/mol. The zero-order valence-corrected chi connectivity index (χ0v) is 9.51. The average Bonchev–Trinajstić information content (AvgIpc) is 2.60. The van der Waals surface area contributed by atoms with Gasteiger partial charge in [-0.3, -0.25) is 0 Å². The van der Waals surface area contributed by atoms with E-state index in [1.54, 1.807) is 0 Å². The second kappa shape index (κ2) is 4.00. The number of hydrogen-bond acceptors (Lipinski definition) is 1. The van der Waals surface area contributed by atoms with Crippen LogP contribution in [0.3, 0.4) is 0 Å². The molecule has 78 valence electrons. The van der Waals surface area contributed by atoms with Crippen LogP contribution >= 0.6 is 0 Å². The van der Waals surface area contributed by atoms with Crippen molar-refractivity contribution in [1.29, 1.82) is 0 Å². The van der Waals surface area contributed by atoms with Crippen LogP contribution in [0.4, 0.5) is 0 Å². The van der Waals surface area contributed by atoms with Crippen molar-refractivity contribution in [2.45, 2.75) is 59.0 Å². The van der Waals surface area contributed by atoms with Gasteiger partial charge in [-0.25, -0.2) is 0 Å². The molecule has 1 nitrogen and oxygen atoms in total. The summed E-state index contributed by atoms with van der Waals surface area (Å²) in [6.45, 7) is 8.81. The van der Waals surface area contributed by atoms with Crippen LogP contribution in [0.15, 0.2) is 0 Å². The van der Waals surface area contributed by atoms with Crippen molar-refractivity contribution in [2.24, 2.45) is 17.8 Å². The van der Waals surface area contributed by atoms with Crippen molar-refractivity contribution >= 4 is 0 Å². The van der Waals surface area contributed by atoms with E-state index < -0.39 is 0 Å². The van der Waals surface area contributed by atoms with Gasteiger partial charge < -0.3 is 5.11 Å². The lowest BCUT2D eigenvalue weighted by Crippen LogP contribution is -2.34. The van der Waals surface area contributed by atoms with Crippen molar-refractivity contribution in [3.63, 3.8) is 0 Å². The maximum atomic E-state index is 10.5. The molecule has 1 N–H and O–H groups in total. The largest absolute Gasteiger partial charge is 0.390 e. The predicted molar refractivity (Wildman–Crippen MR) is 56.6 cm³/mol. The van der Waals surface area contributed by atoms with Crippen LogP contribution < -0.4 is 0 Å². The van der Waals surface area contributed by atoms with Gasteiger partial charge in [0.1, 0.15) is 0 Å². The van der Waals surface area contributed by atoms with Crippen LogP contribution in [0.1, 0.15) is 53.4 Å². The molecule has 0 saturated heterocycles. The van der Waals surface area contributed by atoms with Gasteiger partial charge in [-0.1, -0.05) is 27.7 Å². The van der Waals surface area contributed by atoms with Crippen molar-refractivity contribution < 1.29 is 5.11 Å². The van der Waals surface area contributed by atoms with E-state index in [1.165, 1.54) is 12.8 Å². The molecule has 1 aliphatic carbocycles. The Kier molecular flexibility index (Phi) is 3.39. The third kappa shape index (κ3) is 3.30. The van der Waals surface area contributed by atoms with E-state index in [-0.39, 0.29) is 5.60 Å². The summed E-state index contributed by atoms with van der Waals surface area (Å²) in [6, 6.07) is 0. The first-order chi connectivity index (χ1) is 5.94. The summed E-state index contributed by atoms with van der Waals surface area (Å²) >= 11 is 0. The molecule has 1 fully saturated rings. The summed E-state index contributed by atoms with van der Waals surface area (Å²) in [5.74, 6) is 1.84. The maximum absolute atomic E-state index is 10.5. The Morgan fingerprint density at radius 3 is 1.69 bits per heavy atom. The highest BCUT2D eigenvalue weighted by atomic mass is 16.3. The van der Waals surface area contributed by atoms with Gasteiger partial charge in [0.2, 0.25) is 0 Å². The molecule has 0 heterocycles. The molecule has 1 saturated carbocycles. The fourth-order valence-corrected chi connectivity index (χ4v) is 2.45. The molecule has 0 radical (unpaired) electrons. The van der Waals surface area contributed by atoms with Crippen LogP contribution in [-0.2, 0) is 0 Å². The standard InChI is InChI=1S/C12H24O/c1-9(2)7-12(13,8-10(3)4)11-5-6-11/h9-11,13H,5-8H2,1-4H3. The molecule has 0 aromatic heterocycles. The molecule has 0 aliphatic heterocycles.